The highest BCUT2D eigenvalue weighted by atomic mass is 16.5. The lowest BCUT2D eigenvalue weighted by Gasteiger charge is -2.15. The smallest absolute Gasteiger partial charge is 0.195 e. The molecular formula is C21H25N5O2. The fourth-order valence-electron chi connectivity index (χ4n) is 2.71. The van der Waals surface area contributed by atoms with Crippen LogP contribution in [0.3, 0.4) is 0 Å². The van der Waals surface area contributed by atoms with Gasteiger partial charge in [0.25, 0.3) is 0 Å². The summed E-state index contributed by atoms with van der Waals surface area (Å²) in [6.07, 6.45) is 3.69. The molecule has 28 heavy (non-hydrogen) atoms. The number of aromatic nitrogens is 2. The van der Waals surface area contributed by atoms with Crippen molar-refractivity contribution < 1.29 is 9.47 Å². The molecule has 2 N–H and O–H groups in total. The molecule has 0 atom stereocenters. The van der Waals surface area contributed by atoms with Gasteiger partial charge in [-0.15, -0.1) is 0 Å². The SMILES string of the molecule is CCOc1cc(NC(=NC)NCc2ccc(-n3cccn3)cc2)ccc1OC. The summed E-state index contributed by atoms with van der Waals surface area (Å²) in [6, 6.07) is 15.8. The maximum atomic E-state index is 5.62. The van der Waals surface area contributed by atoms with E-state index < -0.39 is 0 Å². The number of methoxy groups -OCH3 is 1. The maximum absolute atomic E-state index is 5.62. The van der Waals surface area contributed by atoms with Crippen LogP contribution in [-0.2, 0) is 6.54 Å². The van der Waals surface area contributed by atoms with E-state index in [1.54, 1.807) is 20.4 Å². The summed E-state index contributed by atoms with van der Waals surface area (Å²) in [5.74, 6) is 2.07. The van der Waals surface area contributed by atoms with E-state index in [1.165, 1.54) is 0 Å². The van der Waals surface area contributed by atoms with Gasteiger partial charge in [-0.2, -0.15) is 5.10 Å². The second kappa shape index (κ2) is 9.45. The number of ether oxygens (including phenoxy) is 2. The fourth-order valence-corrected chi connectivity index (χ4v) is 2.71. The number of rotatable bonds is 7. The molecule has 0 saturated carbocycles. The normalized spacial score (nSPS) is 11.2. The van der Waals surface area contributed by atoms with Crippen molar-refractivity contribution >= 4 is 11.6 Å². The van der Waals surface area contributed by atoms with Crippen LogP contribution >= 0.6 is 0 Å². The molecule has 146 valence electrons. The zero-order valence-electron chi connectivity index (χ0n) is 16.3. The van der Waals surface area contributed by atoms with Crippen LogP contribution in [0.4, 0.5) is 5.69 Å². The standard InChI is InChI=1S/C21H25N5O2/c1-4-28-20-14-17(8-11-19(20)27-3)25-21(22-2)23-15-16-6-9-18(10-7-16)26-13-5-12-24-26/h5-14H,4,15H2,1-3H3,(H2,22,23,25). The van der Waals surface area contributed by atoms with Crippen molar-refractivity contribution in [1.82, 2.24) is 15.1 Å². The van der Waals surface area contributed by atoms with Crippen LogP contribution in [0.5, 0.6) is 11.5 Å². The molecule has 0 radical (unpaired) electrons. The molecule has 1 aromatic heterocycles. The highest BCUT2D eigenvalue weighted by molar-refractivity contribution is 5.93. The molecule has 2 aromatic carbocycles. The molecular weight excluding hydrogens is 354 g/mol. The molecule has 0 saturated heterocycles. The summed E-state index contributed by atoms with van der Waals surface area (Å²) in [7, 11) is 3.37. The van der Waals surface area contributed by atoms with Gasteiger partial charge >= 0.3 is 0 Å². The third kappa shape index (κ3) is 4.82. The van der Waals surface area contributed by atoms with Crippen LogP contribution in [0.15, 0.2) is 65.9 Å². The Bertz CT molecular complexity index is 905. The second-order valence-electron chi connectivity index (χ2n) is 5.97. The first-order chi connectivity index (χ1) is 13.7. The van der Waals surface area contributed by atoms with Crippen LogP contribution in [0.25, 0.3) is 5.69 Å². The van der Waals surface area contributed by atoms with Crippen molar-refractivity contribution in [2.24, 2.45) is 4.99 Å². The lowest BCUT2D eigenvalue weighted by Crippen LogP contribution is -2.30. The quantitative estimate of drug-likeness (QED) is 0.486. The predicted octanol–water partition coefficient (Wildman–Crippen LogP) is 3.47. The zero-order valence-corrected chi connectivity index (χ0v) is 16.3. The number of nitrogens with one attached hydrogen (secondary N) is 2. The average molecular weight is 379 g/mol. The Hall–Kier alpha value is -3.48. The van der Waals surface area contributed by atoms with E-state index in [0.717, 1.165) is 16.9 Å². The van der Waals surface area contributed by atoms with Crippen LogP contribution in [-0.4, -0.2) is 36.5 Å². The van der Waals surface area contributed by atoms with Gasteiger partial charge in [-0.25, -0.2) is 4.68 Å². The van der Waals surface area contributed by atoms with Gasteiger partial charge in [0.15, 0.2) is 17.5 Å². The number of guanidine groups is 1. The van der Waals surface area contributed by atoms with Gasteiger partial charge in [0.05, 0.1) is 19.4 Å². The Morgan fingerprint density at radius 2 is 1.96 bits per heavy atom. The summed E-state index contributed by atoms with van der Waals surface area (Å²) >= 11 is 0. The first kappa shape index (κ1) is 19.3. The molecule has 0 aliphatic heterocycles. The van der Waals surface area contributed by atoms with E-state index >= 15 is 0 Å². The minimum absolute atomic E-state index is 0.571. The number of benzene rings is 2. The highest BCUT2D eigenvalue weighted by Crippen LogP contribution is 2.30. The number of nitrogens with zero attached hydrogens (tertiary/aromatic N) is 3. The number of anilines is 1. The average Bonchev–Trinajstić information content (AvgIpc) is 3.27. The topological polar surface area (TPSA) is 72.7 Å². The number of hydrogen-bond donors (Lipinski definition) is 2. The lowest BCUT2D eigenvalue weighted by atomic mass is 10.2. The first-order valence-corrected chi connectivity index (χ1v) is 9.11. The summed E-state index contributed by atoms with van der Waals surface area (Å²) in [5.41, 5.74) is 3.04. The highest BCUT2D eigenvalue weighted by Gasteiger charge is 2.07. The van der Waals surface area contributed by atoms with Crippen molar-refractivity contribution in [3.63, 3.8) is 0 Å². The second-order valence-corrected chi connectivity index (χ2v) is 5.97. The van der Waals surface area contributed by atoms with Crippen LogP contribution < -0.4 is 20.1 Å². The molecule has 0 aliphatic rings. The third-order valence-electron chi connectivity index (χ3n) is 4.12. The predicted molar refractivity (Wildman–Crippen MR) is 112 cm³/mol. The van der Waals surface area contributed by atoms with E-state index in [9.17, 15) is 0 Å². The summed E-state index contributed by atoms with van der Waals surface area (Å²) in [4.78, 5) is 4.28. The Labute approximate surface area is 165 Å². The fraction of sp³-hybridized carbons (Fsp3) is 0.238. The molecule has 0 unspecified atom stereocenters. The van der Waals surface area contributed by atoms with Crippen molar-refractivity contribution in [2.45, 2.75) is 13.5 Å². The lowest BCUT2D eigenvalue weighted by molar-refractivity contribution is 0.311. The van der Waals surface area contributed by atoms with Crippen molar-refractivity contribution in [1.29, 1.82) is 0 Å². The van der Waals surface area contributed by atoms with E-state index in [2.05, 4.69) is 32.9 Å². The minimum atomic E-state index is 0.571. The largest absolute Gasteiger partial charge is 0.493 e. The van der Waals surface area contributed by atoms with Crippen molar-refractivity contribution in [2.75, 3.05) is 26.1 Å². The molecule has 0 spiro atoms. The Morgan fingerprint density at radius 1 is 1.14 bits per heavy atom. The Balaban J connectivity index is 1.61. The monoisotopic (exact) mass is 379 g/mol. The van der Waals surface area contributed by atoms with E-state index in [0.29, 0.717) is 30.6 Å². The summed E-state index contributed by atoms with van der Waals surface area (Å²) in [5, 5.41) is 10.8. The summed E-state index contributed by atoms with van der Waals surface area (Å²) in [6.45, 7) is 3.16. The molecule has 0 bridgehead atoms. The summed E-state index contributed by atoms with van der Waals surface area (Å²) < 4.78 is 12.8. The van der Waals surface area contributed by atoms with E-state index in [-0.39, 0.29) is 0 Å². The van der Waals surface area contributed by atoms with Gasteiger partial charge < -0.3 is 20.1 Å². The van der Waals surface area contributed by atoms with E-state index in [1.807, 2.05) is 54.2 Å². The van der Waals surface area contributed by atoms with Gasteiger partial charge in [0.2, 0.25) is 0 Å². The van der Waals surface area contributed by atoms with Gasteiger partial charge in [0, 0.05) is 37.7 Å². The van der Waals surface area contributed by atoms with E-state index in [4.69, 9.17) is 9.47 Å². The van der Waals surface area contributed by atoms with Crippen molar-refractivity contribution in [3.8, 4) is 17.2 Å². The van der Waals surface area contributed by atoms with Gasteiger partial charge in [-0.05, 0) is 42.8 Å². The molecule has 0 aliphatic carbocycles. The third-order valence-corrected chi connectivity index (χ3v) is 4.12. The number of aliphatic imine (C=N–C) groups is 1. The maximum Gasteiger partial charge on any atom is 0.195 e. The van der Waals surface area contributed by atoms with Crippen molar-refractivity contribution in [3.05, 3.63) is 66.5 Å². The molecule has 0 fully saturated rings. The van der Waals surface area contributed by atoms with Crippen LogP contribution in [0.2, 0.25) is 0 Å². The van der Waals surface area contributed by atoms with Crippen LogP contribution in [0.1, 0.15) is 12.5 Å². The Morgan fingerprint density at radius 3 is 2.61 bits per heavy atom. The molecule has 3 aromatic rings. The number of hydrogen-bond acceptors (Lipinski definition) is 4. The Kier molecular flexibility index (Phi) is 6.51. The molecule has 1 heterocycles. The zero-order chi connectivity index (χ0) is 19.8. The molecule has 0 amide bonds. The van der Waals surface area contributed by atoms with Gasteiger partial charge in [0.1, 0.15) is 0 Å². The first-order valence-electron chi connectivity index (χ1n) is 9.11. The molecule has 7 heteroatoms. The van der Waals surface area contributed by atoms with Crippen LogP contribution in [0, 0.1) is 0 Å². The molecule has 7 nitrogen and oxygen atoms in total. The minimum Gasteiger partial charge on any atom is -0.493 e. The molecule has 3 rings (SSSR count). The van der Waals surface area contributed by atoms with Gasteiger partial charge in [-0.3, -0.25) is 4.99 Å². The van der Waals surface area contributed by atoms with Gasteiger partial charge in [-0.1, -0.05) is 12.1 Å².